The number of nitrogens with one attached hydrogen (secondary N) is 3. The highest BCUT2D eigenvalue weighted by molar-refractivity contribution is 5.97. The van der Waals surface area contributed by atoms with Crippen LogP contribution in [0.1, 0.15) is 33.3 Å². The highest BCUT2D eigenvalue weighted by atomic mass is 16.5. The van der Waals surface area contributed by atoms with Gasteiger partial charge in [-0.1, -0.05) is 26.8 Å². The number of fused-ring (bicyclic) bond motifs is 1. The first-order chi connectivity index (χ1) is 10.7. The summed E-state index contributed by atoms with van der Waals surface area (Å²) in [6, 6.07) is 5.51. The maximum atomic E-state index is 11.7. The maximum Gasteiger partial charge on any atom is 0.314 e. The molecule has 1 unspecified atom stereocenters. The summed E-state index contributed by atoms with van der Waals surface area (Å²) in [5.74, 6) is 0.533. The molecule has 0 saturated heterocycles. The zero-order valence-electron chi connectivity index (χ0n) is 14.2. The van der Waals surface area contributed by atoms with E-state index >= 15 is 0 Å². The van der Waals surface area contributed by atoms with Gasteiger partial charge in [0, 0.05) is 13.1 Å². The van der Waals surface area contributed by atoms with Gasteiger partial charge in [-0.3, -0.25) is 4.79 Å². The van der Waals surface area contributed by atoms with Crippen LogP contribution >= 0.6 is 0 Å². The van der Waals surface area contributed by atoms with Crippen molar-refractivity contribution in [3.05, 3.63) is 23.8 Å². The van der Waals surface area contributed by atoms with Crippen LogP contribution in [-0.4, -0.2) is 31.1 Å². The minimum Gasteiger partial charge on any atom is -0.479 e. The number of anilines is 1. The van der Waals surface area contributed by atoms with Crippen LogP contribution < -0.4 is 20.7 Å². The van der Waals surface area contributed by atoms with E-state index in [-0.39, 0.29) is 17.4 Å². The number of carbonyl (C=O) groups is 2. The summed E-state index contributed by atoms with van der Waals surface area (Å²) in [5, 5.41) is 8.50. The SMILES string of the molecule is CC1Oc2ccc(CCNC(=O)NCC(C)(C)C)cc2NC1=O. The van der Waals surface area contributed by atoms with Crippen molar-refractivity contribution in [2.75, 3.05) is 18.4 Å². The summed E-state index contributed by atoms with van der Waals surface area (Å²) in [4.78, 5) is 23.3. The third-order valence-corrected chi connectivity index (χ3v) is 3.45. The van der Waals surface area contributed by atoms with Gasteiger partial charge in [0.25, 0.3) is 5.91 Å². The molecule has 0 aromatic heterocycles. The van der Waals surface area contributed by atoms with Crippen LogP contribution in [0.15, 0.2) is 18.2 Å². The van der Waals surface area contributed by atoms with E-state index in [1.807, 2.05) is 18.2 Å². The summed E-state index contributed by atoms with van der Waals surface area (Å²) >= 11 is 0. The molecule has 0 radical (unpaired) electrons. The standard InChI is InChI=1S/C17H25N3O3/c1-11-15(21)20-13-9-12(5-6-14(13)23-11)7-8-18-16(22)19-10-17(2,3)4/h5-6,9,11H,7-8,10H2,1-4H3,(H,20,21)(H2,18,19,22). The van der Waals surface area contributed by atoms with Gasteiger partial charge in [-0.05, 0) is 36.5 Å². The van der Waals surface area contributed by atoms with Gasteiger partial charge in [-0.25, -0.2) is 4.79 Å². The van der Waals surface area contributed by atoms with Crippen molar-refractivity contribution in [3.8, 4) is 5.75 Å². The normalized spacial score (nSPS) is 16.9. The molecule has 6 nitrogen and oxygen atoms in total. The van der Waals surface area contributed by atoms with E-state index in [0.29, 0.717) is 30.9 Å². The average molecular weight is 319 g/mol. The molecular weight excluding hydrogens is 294 g/mol. The zero-order chi connectivity index (χ0) is 17.0. The molecular formula is C17H25N3O3. The molecule has 6 heteroatoms. The predicted molar refractivity (Wildman–Crippen MR) is 89.7 cm³/mol. The number of carbonyl (C=O) groups excluding carboxylic acids is 2. The molecule has 3 N–H and O–H groups in total. The molecule has 1 aliphatic heterocycles. The van der Waals surface area contributed by atoms with Crippen LogP contribution in [-0.2, 0) is 11.2 Å². The fraction of sp³-hybridized carbons (Fsp3) is 0.529. The van der Waals surface area contributed by atoms with Crippen LogP contribution in [0.4, 0.5) is 10.5 Å². The number of hydrogen-bond donors (Lipinski definition) is 3. The summed E-state index contributed by atoms with van der Waals surface area (Å²) in [6.45, 7) is 9.07. The highest BCUT2D eigenvalue weighted by Crippen LogP contribution is 2.30. The lowest BCUT2D eigenvalue weighted by Crippen LogP contribution is -2.40. The van der Waals surface area contributed by atoms with Gasteiger partial charge in [-0.15, -0.1) is 0 Å². The molecule has 0 aliphatic carbocycles. The van der Waals surface area contributed by atoms with E-state index in [2.05, 4.69) is 36.7 Å². The Kier molecular flexibility index (Phi) is 5.13. The molecule has 0 fully saturated rings. The van der Waals surface area contributed by atoms with Crippen LogP contribution in [0, 0.1) is 5.41 Å². The fourth-order valence-corrected chi connectivity index (χ4v) is 2.14. The number of urea groups is 1. The smallest absolute Gasteiger partial charge is 0.314 e. The lowest BCUT2D eigenvalue weighted by molar-refractivity contribution is -0.122. The van der Waals surface area contributed by atoms with Gasteiger partial charge in [0.1, 0.15) is 5.75 Å². The second kappa shape index (κ2) is 6.89. The van der Waals surface area contributed by atoms with Crippen molar-refractivity contribution in [3.63, 3.8) is 0 Å². The van der Waals surface area contributed by atoms with Crippen molar-refractivity contribution in [2.45, 2.75) is 40.2 Å². The Balaban J connectivity index is 1.82. The minimum atomic E-state index is -0.471. The molecule has 0 bridgehead atoms. The average Bonchev–Trinajstić information content (AvgIpc) is 2.46. The monoisotopic (exact) mass is 319 g/mol. The quantitative estimate of drug-likeness (QED) is 0.796. The van der Waals surface area contributed by atoms with Crippen molar-refractivity contribution in [1.29, 1.82) is 0 Å². The Labute approximate surface area is 137 Å². The van der Waals surface area contributed by atoms with Crippen LogP contribution in [0.3, 0.4) is 0 Å². The third kappa shape index (κ3) is 5.16. The van der Waals surface area contributed by atoms with Gasteiger partial charge in [0.05, 0.1) is 5.69 Å². The molecule has 0 saturated carbocycles. The molecule has 126 valence electrons. The van der Waals surface area contributed by atoms with Crippen LogP contribution in [0.2, 0.25) is 0 Å². The number of amides is 3. The molecule has 1 atom stereocenters. The van der Waals surface area contributed by atoms with E-state index in [9.17, 15) is 9.59 Å². The second-order valence-electron chi connectivity index (χ2n) is 7.00. The number of ether oxygens (including phenoxy) is 1. The van der Waals surface area contributed by atoms with Crippen molar-refractivity contribution in [1.82, 2.24) is 10.6 Å². The van der Waals surface area contributed by atoms with Crippen LogP contribution in [0.5, 0.6) is 5.75 Å². The van der Waals surface area contributed by atoms with E-state index < -0.39 is 6.10 Å². The predicted octanol–water partition coefficient (Wildman–Crippen LogP) is 2.29. The molecule has 1 aromatic carbocycles. The Morgan fingerprint density at radius 2 is 2.04 bits per heavy atom. The Hall–Kier alpha value is -2.24. The van der Waals surface area contributed by atoms with Gasteiger partial charge >= 0.3 is 6.03 Å². The second-order valence-corrected chi connectivity index (χ2v) is 7.00. The Bertz CT molecular complexity index is 593. The largest absolute Gasteiger partial charge is 0.479 e. The van der Waals surface area contributed by atoms with Gasteiger partial charge in [0.15, 0.2) is 6.10 Å². The number of benzene rings is 1. The van der Waals surface area contributed by atoms with Crippen molar-refractivity contribution >= 4 is 17.6 Å². The molecule has 0 spiro atoms. The molecule has 2 rings (SSSR count). The summed E-state index contributed by atoms with van der Waals surface area (Å²) in [5.41, 5.74) is 1.77. The van der Waals surface area contributed by atoms with E-state index in [1.165, 1.54) is 0 Å². The maximum absolute atomic E-state index is 11.7. The van der Waals surface area contributed by atoms with Crippen molar-refractivity contribution in [2.24, 2.45) is 5.41 Å². The summed E-state index contributed by atoms with van der Waals surface area (Å²) in [6.07, 6.45) is 0.211. The number of hydrogen-bond acceptors (Lipinski definition) is 3. The Morgan fingerprint density at radius 1 is 1.30 bits per heavy atom. The first-order valence-corrected chi connectivity index (χ1v) is 7.87. The topological polar surface area (TPSA) is 79.5 Å². The lowest BCUT2D eigenvalue weighted by atomic mass is 9.97. The molecule has 3 amide bonds. The van der Waals surface area contributed by atoms with Gasteiger partial charge in [0.2, 0.25) is 0 Å². The zero-order valence-corrected chi connectivity index (χ0v) is 14.2. The molecule has 23 heavy (non-hydrogen) atoms. The highest BCUT2D eigenvalue weighted by Gasteiger charge is 2.23. The summed E-state index contributed by atoms with van der Waals surface area (Å²) < 4.78 is 5.51. The first-order valence-electron chi connectivity index (χ1n) is 7.87. The Morgan fingerprint density at radius 3 is 2.74 bits per heavy atom. The minimum absolute atomic E-state index is 0.0607. The first kappa shape index (κ1) is 17.1. The fourth-order valence-electron chi connectivity index (χ4n) is 2.14. The van der Waals surface area contributed by atoms with E-state index in [4.69, 9.17) is 4.74 Å². The van der Waals surface area contributed by atoms with E-state index in [0.717, 1.165) is 5.56 Å². The molecule has 1 aliphatic rings. The van der Waals surface area contributed by atoms with Crippen LogP contribution in [0.25, 0.3) is 0 Å². The number of rotatable bonds is 4. The molecule has 1 aromatic rings. The third-order valence-electron chi connectivity index (χ3n) is 3.45. The summed E-state index contributed by atoms with van der Waals surface area (Å²) in [7, 11) is 0. The molecule has 1 heterocycles. The van der Waals surface area contributed by atoms with Gasteiger partial charge < -0.3 is 20.7 Å². The van der Waals surface area contributed by atoms with Crippen molar-refractivity contribution < 1.29 is 14.3 Å². The van der Waals surface area contributed by atoms with Gasteiger partial charge in [-0.2, -0.15) is 0 Å². The van der Waals surface area contributed by atoms with E-state index in [1.54, 1.807) is 6.92 Å². The lowest BCUT2D eigenvalue weighted by Gasteiger charge is -2.23.